The van der Waals surface area contributed by atoms with E-state index in [4.69, 9.17) is 4.42 Å². The molecule has 1 saturated carbocycles. The molecule has 4 aromatic rings. The van der Waals surface area contributed by atoms with Crippen molar-refractivity contribution in [2.45, 2.75) is 58.0 Å². The summed E-state index contributed by atoms with van der Waals surface area (Å²) in [5, 5.41) is 3.23. The molecule has 0 saturated heterocycles. The van der Waals surface area contributed by atoms with E-state index in [9.17, 15) is 9.59 Å². The number of amides is 2. The highest BCUT2D eigenvalue weighted by atomic mass is 16.3. The zero-order chi connectivity index (χ0) is 25.8. The number of hydrogen-bond acceptors (Lipinski definition) is 3. The van der Waals surface area contributed by atoms with Crippen LogP contribution in [0.1, 0.15) is 65.7 Å². The van der Waals surface area contributed by atoms with Crippen molar-refractivity contribution in [3.05, 3.63) is 102 Å². The van der Waals surface area contributed by atoms with E-state index in [0.29, 0.717) is 22.9 Å². The zero-order valence-corrected chi connectivity index (χ0v) is 21.4. The summed E-state index contributed by atoms with van der Waals surface area (Å²) in [6, 6.07) is 24.0. The standard InChI is InChI=1S/C31H33N3O3/c1-21-10-9-15-25(20-21)34(31(36)27-18-17-26(33-27)23-11-5-3-6-12-23)29(28-19-16-22(2)37-28)30(35)32-24-13-7-4-8-14-24/h3,5-6,9-12,15-20,24,29,33H,4,7-8,13-14H2,1-2H3,(H,32,35). The van der Waals surface area contributed by atoms with Gasteiger partial charge in [0.2, 0.25) is 0 Å². The number of aryl methyl sites for hydroxylation is 2. The number of hydrogen-bond donors (Lipinski definition) is 2. The van der Waals surface area contributed by atoms with Gasteiger partial charge in [-0.05, 0) is 74.2 Å². The fourth-order valence-corrected chi connectivity index (χ4v) is 5.10. The minimum atomic E-state index is -0.951. The van der Waals surface area contributed by atoms with Crippen LogP contribution in [0, 0.1) is 13.8 Å². The van der Waals surface area contributed by atoms with E-state index in [1.807, 2.05) is 80.6 Å². The second-order valence-corrected chi connectivity index (χ2v) is 9.86. The van der Waals surface area contributed by atoms with E-state index < -0.39 is 6.04 Å². The number of aromatic nitrogens is 1. The minimum absolute atomic E-state index is 0.101. The number of nitrogens with one attached hydrogen (secondary N) is 2. The predicted molar refractivity (Wildman–Crippen MR) is 145 cm³/mol. The molecule has 0 bridgehead atoms. The molecule has 1 atom stereocenters. The summed E-state index contributed by atoms with van der Waals surface area (Å²) in [5.41, 5.74) is 3.86. The van der Waals surface area contributed by atoms with Crippen LogP contribution in [-0.2, 0) is 4.79 Å². The number of anilines is 1. The van der Waals surface area contributed by atoms with Crippen LogP contribution in [0.15, 0.2) is 83.3 Å². The molecule has 1 aliphatic carbocycles. The molecule has 190 valence electrons. The Hall–Kier alpha value is -4.06. The van der Waals surface area contributed by atoms with E-state index >= 15 is 0 Å². The van der Waals surface area contributed by atoms with Gasteiger partial charge in [-0.3, -0.25) is 14.5 Å². The Labute approximate surface area is 217 Å². The van der Waals surface area contributed by atoms with Gasteiger partial charge in [-0.1, -0.05) is 61.7 Å². The van der Waals surface area contributed by atoms with Crippen molar-refractivity contribution in [2.24, 2.45) is 0 Å². The number of carbonyl (C=O) groups excluding carboxylic acids is 2. The third-order valence-electron chi connectivity index (χ3n) is 6.99. The van der Waals surface area contributed by atoms with Crippen molar-refractivity contribution in [3.63, 3.8) is 0 Å². The van der Waals surface area contributed by atoms with Crippen molar-refractivity contribution in [2.75, 3.05) is 4.90 Å². The monoisotopic (exact) mass is 495 g/mol. The molecule has 2 N–H and O–H groups in total. The summed E-state index contributed by atoms with van der Waals surface area (Å²) < 4.78 is 5.98. The highest BCUT2D eigenvalue weighted by molar-refractivity contribution is 6.09. The molecule has 2 heterocycles. The maximum absolute atomic E-state index is 14.2. The third kappa shape index (κ3) is 5.53. The molecule has 6 nitrogen and oxygen atoms in total. The van der Waals surface area contributed by atoms with Crippen LogP contribution >= 0.6 is 0 Å². The molecule has 1 fully saturated rings. The Kier molecular flexibility index (Phi) is 7.26. The predicted octanol–water partition coefficient (Wildman–Crippen LogP) is 6.73. The van der Waals surface area contributed by atoms with Gasteiger partial charge in [0.15, 0.2) is 6.04 Å². The van der Waals surface area contributed by atoms with Crippen molar-refractivity contribution in [1.82, 2.24) is 10.3 Å². The molecule has 2 aromatic heterocycles. The summed E-state index contributed by atoms with van der Waals surface area (Å²) >= 11 is 0. The highest BCUT2D eigenvalue weighted by Crippen LogP contribution is 2.32. The molecule has 0 spiro atoms. The SMILES string of the molecule is Cc1cccc(N(C(=O)c2ccc(-c3ccccc3)[nH]2)C(C(=O)NC2CCCCC2)c2ccc(C)o2)c1. The van der Waals surface area contributed by atoms with Crippen LogP contribution in [0.3, 0.4) is 0 Å². The average molecular weight is 496 g/mol. The first-order chi connectivity index (χ1) is 18.0. The van der Waals surface area contributed by atoms with Gasteiger partial charge >= 0.3 is 0 Å². The molecule has 37 heavy (non-hydrogen) atoms. The topological polar surface area (TPSA) is 78.3 Å². The molecule has 2 aromatic carbocycles. The maximum Gasteiger partial charge on any atom is 0.275 e. The van der Waals surface area contributed by atoms with Gasteiger partial charge in [-0.25, -0.2) is 0 Å². The van der Waals surface area contributed by atoms with Crippen molar-refractivity contribution in [1.29, 1.82) is 0 Å². The maximum atomic E-state index is 14.2. The van der Waals surface area contributed by atoms with Gasteiger partial charge in [0.1, 0.15) is 17.2 Å². The Morgan fingerprint density at radius 1 is 0.919 bits per heavy atom. The largest absolute Gasteiger partial charge is 0.464 e. The first-order valence-electron chi connectivity index (χ1n) is 13.0. The number of furan rings is 1. The molecule has 2 amide bonds. The number of rotatable bonds is 7. The van der Waals surface area contributed by atoms with E-state index in [2.05, 4.69) is 10.3 Å². The first-order valence-corrected chi connectivity index (χ1v) is 13.0. The number of nitrogens with zero attached hydrogens (tertiary/aromatic N) is 1. The Bertz CT molecular complexity index is 1370. The van der Waals surface area contributed by atoms with Gasteiger partial charge in [-0.2, -0.15) is 0 Å². The summed E-state index contributed by atoms with van der Waals surface area (Å²) in [6.07, 6.45) is 5.29. The molecule has 5 rings (SSSR count). The summed E-state index contributed by atoms with van der Waals surface area (Å²) in [4.78, 5) is 32.9. The number of carbonyl (C=O) groups is 2. The smallest absolute Gasteiger partial charge is 0.275 e. The van der Waals surface area contributed by atoms with Crippen LogP contribution in [0.4, 0.5) is 5.69 Å². The van der Waals surface area contributed by atoms with E-state index in [1.165, 1.54) is 6.42 Å². The Morgan fingerprint density at radius 3 is 2.41 bits per heavy atom. The van der Waals surface area contributed by atoms with Crippen LogP contribution in [-0.4, -0.2) is 22.8 Å². The number of benzene rings is 2. The van der Waals surface area contributed by atoms with Crippen LogP contribution in [0.25, 0.3) is 11.3 Å². The lowest BCUT2D eigenvalue weighted by Gasteiger charge is -2.32. The highest BCUT2D eigenvalue weighted by Gasteiger charge is 2.37. The lowest BCUT2D eigenvalue weighted by atomic mass is 9.95. The lowest BCUT2D eigenvalue weighted by Crippen LogP contribution is -2.47. The van der Waals surface area contributed by atoms with Gasteiger partial charge < -0.3 is 14.7 Å². The summed E-state index contributed by atoms with van der Waals surface area (Å²) in [5.74, 6) is 0.598. The van der Waals surface area contributed by atoms with E-state index in [-0.39, 0.29) is 17.9 Å². The Balaban J connectivity index is 1.56. The molecular formula is C31H33N3O3. The van der Waals surface area contributed by atoms with E-state index in [0.717, 1.165) is 42.5 Å². The molecule has 0 aliphatic heterocycles. The normalized spacial score (nSPS) is 14.8. The van der Waals surface area contributed by atoms with Gasteiger partial charge in [0, 0.05) is 17.4 Å². The molecule has 1 aliphatic rings. The Morgan fingerprint density at radius 2 is 1.70 bits per heavy atom. The number of aromatic amines is 1. The van der Waals surface area contributed by atoms with Gasteiger partial charge in [-0.15, -0.1) is 0 Å². The zero-order valence-electron chi connectivity index (χ0n) is 21.4. The molecular weight excluding hydrogens is 462 g/mol. The second kappa shape index (κ2) is 10.9. The quantitative estimate of drug-likeness (QED) is 0.298. The van der Waals surface area contributed by atoms with Gasteiger partial charge in [0.05, 0.1) is 0 Å². The van der Waals surface area contributed by atoms with Crippen LogP contribution < -0.4 is 10.2 Å². The van der Waals surface area contributed by atoms with E-state index in [1.54, 1.807) is 17.0 Å². The summed E-state index contributed by atoms with van der Waals surface area (Å²) in [7, 11) is 0. The minimum Gasteiger partial charge on any atom is -0.464 e. The molecule has 0 radical (unpaired) electrons. The molecule has 6 heteroatoms. The van der Waals surface area contributed by atoms with Crippen LogP contribution in [0.2, 0.25) is 0 Å². The van der Waals surface area contributed by atoms with Crippen molar-refractivity contribution < 1.29 is 14.0 Å². The fraction of sp³-hybridized carbons (Fsp3) is 0.290. The lowest BCUT2D eigenvalue weighted by molar-refractivity contribution is -0.123. The third-order valence-corrected chi connectivity index (χ3v) is 6.99. The van der Waals surface area contributed by atoms with Crippen molar-refractivity contribution in [3.8, 4) is 11.3 Å². The first kappa shape index (κ1) is 24.6. The number of H-pyrrole nitrogens is 1. The van der Waals surface area contributed by atoms with Crippen LogP contribution in [0.5, 0.6) is 0 Å². The van der Waals surface area contributed by atoms with Crippen molar-refractivity contribution >= 4 is 17.5 Å². The fourth-order valence-electron chi connectivity index (χ4n) is 5.10. The van der Waals surface area contributed by atoms with Gasteiger partial charge in [0.25, 0.3) is 11.8 Å². The second-order valence-electron chi connectivity index (χ2n) is 9.86. The summed E-state index contributed by atoms with van der Waals surface area (Å²) in [6.45, 7) is 3.82. The molecule has 1 unspecified atom stereocenters. The average Bonchev–Trinajstić information content (AvgIpc) is 3.57.